The maximum Gasteiger partial charge on any atom is 0.352 e. The van der Waals surface area contributed by atoms with Gasteiger partial charge >= 0.3 is 5.92 Å². The first-order valence-electron chi connectivity index (χ1n) is 9.96. The quantitative estimate of drug-likeness (QED) is 0.644. The van der Waals surface area contributed by atoms with Crippen molar-refractivity contribution >= 4 is 35.2 Å². The summed E-state index contributed by atoms with van der Waals surface area (Å²) in [5.74, 6) is -8.42. The zero-order valence-corrected chi connectivity index (χ0v) is 17.7. The van der Waals surface area contributed by atoms with Gasteiger partial charge in [-0.2, -0.15) is 8.78 Å². The Morgan fingerprint density at radius 1 is 1.18 bits per heavy atom. The second-order valence-corrected chi connectivity index (χ2v) is 8.21. The lowest BCUT2D eigenvalue weighted by atomic mass is 10.0. The highest BCUT2D eigenvalue weighted by atomic mass is 35.5. The van der Waals surface area contributed by atoms with Gasteiger partial charge < -0.3 is 10.2 Å². The van der Waals surface area contributed by atoms with E-state index in [1.807, 2.05) is 0 Å². The number of carbonyl (C=O) groups is 4. The van der Waals surface area contributed by atoms with Gasteiger partial charge in [0.1, 0.15) is 11.9 Å². The van der Waals surface area contributed by atoms with Crippen LogP contribution in [0.15, 0.2) is 36.4 Å². The maximum atomic E-state index is 14.4. The highest BCUT2D eigenvalue weighted by molar-refractivity contribution is 6.30. The molecule has 0 saturated carbocycles. The predicted molar refractivity (Wildman–Crippen MR) is 110 cm³/mol. The number of carbonyl (C=O) groups excluding carboxylic acids is 4. The summed E-state index contributed by atoms with van der Waals surface area (Å²) in [6.45, 7) is -0.183. The van der Waals surface area contributed by atoms with Crippen molar-refractivity contribution in [2.45, 2.75) is 37.9 Å². The molecule has 1 fully saturated rings. The maximum absolute atomic E-state index is 14.4. The Kier molecular flexibility index (Phi) is 5.87. The van der Waals surface area contributed by atoms with Gasteiger partial charge in [-0.15, -0.1) is 0 Å². The monoisotopic (exact) mass is 479 g/mol. The summed E-state index contributed by atoms with van der Waals surface area (Å²) in [6.07, 6.45) is 0.333. The molecule has 0 aliphatic carbocycles. The van der Waals surface area contributed by atoms with E-state index < -0.39 is 41.1 Å². The highest BCUT2D eigenvalue weighted by Crippen LogP contribution is 2.32. The van der Waals surface area contributed by atoms with E-state index in [1.54, 1.807) is 6.07 Å². The largest absolute Gasteiger partial charge is 0.352 e. The Morgan fingerprint density at radius 2 is 1.94 bits per heavy atom. The fourth-order valence-electron chi connectivity index (χ4n) is 3.90. The third-order valence-electron chi connectivity index (χ3n) is 5.60. The van der Waals surface area contributed by atoms with Crippen LogP contribution in [-0.4, -0.2) is 34.6 Å². The van der Waals surface area contributed by atoms with Crippen LogP contribution in [0.2, 0.25) is 5.02 Å². The molecule has 1 saturated heterocycles. The van der Waals surface area contributed by atoms with Crippen LogP contribution in [0.25, 0.3) is 0 Å². The summed E-state index contributed by atoms with van der Waals surface area (Å²) < 4.78 is 42.7. The van der Waals surface area contributed by atoms with Crippen LogP contribution in [0.5, 0.6) is 0 Å². The van der Waals surface area contributed by atoms with E-state index in [0.29, 0.717) is 22.8 Å². The molecule has 33 heavy (non-hydrogen) atoms. The fraction of sp³-hybridized carbons (Fsp3) is 0.273. The Hall–Kier alpha value is -3.40. The Balaban J connectivity index is 1.44. The van der Waals surface area contributed by atoms with Gasteiger partial charge in [-0.25, -0.2) is 4.39 Å². The summed E-state index contributed by atoms with van der Waals surface area (Å²) in [5.41, 5.74) is 0.256. The topological polar surface area (TPSA) is 95.6 Å². The molecule has 2 aromatic rings. The molecule has 0 spiro atoms. The van der Waals surface area contributed by atoms with Crippen LogP contribution in [-0.2, 0) is 33.4 Å². The number of hydrogen-bond acceptors (Lipinski definition) is 4. The second kappa shape index (κ2) is 8.51. The van der Waals surface area contributed by atoms with E-state index in [2.05, 4.69) is 10.6 Å². The van der Waals surface area contributed by atoms with E-state index in [1.165, 1.54) is 17.0 Å². The van der Waals surface area contributed by atoms with Crippen LogP contribution in [0, 0.1) is 5.82 Å². The lowest BCUT2D eigenvalue weighted by molar-refractivity contribution is -0.147. The summed E-state index contributed by atoms with van der Waals surface area (Å²) in [7, 11) is 0. The molecule has 172 valence electrons. The standard InChI is InChI=1S/C22H17ClF3N3O4/c23-13-2-4-15(16(24)8-13)22(25,26)21(33)27-9-11-1-3-14-12(7-11)10-29(20(14)32)17-5-6-18(30)28-19(17)31/h1-4,7-8,17H,5-6,9-10H2,(H,27,33)(H,28,30,31). The number of alkyl halides is 2. The van der Waals surface area contributed by atoms with Crippen LogP contribution in [0.4, 0.5) is 13.2 Å². The molecular weight excluding hydrogens is 463 g/mol. The van der Waals surface area contributed by atoms with Crippen molar-refractivity contribution in [3.63, 3.8) is 0 Å². The van der Waals surface area contributed by atoms with Gasteiger partial charge in [-0.05, 0) is 41.8 Å². The van der Waals surface area contributed by atoms with Gasteiger partial charge in [0.15, 0.2) is 0 Å². The van der Waals surface area contributed by atoms with Crippen LogP contribution in [0.3, 0.4) is 0 Å². The molecule has 2 heterocycles. The number of rotatable bonds is 5. The fourth-order valence-corrected chi connectivity index (χ4v) is 4.06. The van der Waals surface area contributed by atoms with E-state index in [-0.39, 0.29) is 36.9 Å². The van der Waals surface area contributed by atoms with Gasteiger partial charge in [0.25, 0.3) is 11.8 Å². The van der Waals surface area contributed by atoms with E-state index in [9.17, 15) is 32.3 Å². The summed E-state index contributed by atoms with van der Waals surface area (Å²) in [4.78, 5) is 49.6. The van der Waals surface area contributed by atoms with Crippen LogP contribution >= 0.6 is 11.6 Å². The molecule has 4 rings (SSSR count). The average molecular weight is 480 g/mol. The molecule has 11 heteroatoms. The minimum absolute atomic E-state index is 0.0773. The number of imide groups is 1. The normalized spacial score (nSPS) is 18.2. The first kappa shape index (κ1) is 22.8. The molecule has 7 nitrogen and oxygen atoms in total. The smallest absolute Gasteiger partial charge is 0.346 e. The number of fused-ring (bicyclic) bond motifs is 1. The Morgan fingerprint density at radius 3 is 2.64 bits per heavy atom. The Labute approximate surface area is 190 Å². The second-order valence-electron chi connectivity index (χ2n) is 7.77. The van der Waals surface area contributed by atoms with Crippen molar-refractivity contribution in [2.24, 2.45) is 0 Å². The van der Waals surface area contributed by atoms with Gasteiger partial charge in [-0.3, -0.25) is 24.5 Å². The van der Waals surface area contributed by atoms with Crippen molar-refractivity contribution in [1.82, 2.24) is 15.5 Å². The first-order valence-corrected chi connectivity index (χ1v) is 10.3. The summed E-state index contributed by atoms with van der Waals surface area (Å²) in [5, 5.41) is 4.21. The lowest BCUT2D eigenvalue weighted by Crippen LogP contribution is -2.52. The number of nitrogens with zero attached hydrogens (tertiary/aromatic N) is 1. The van der Waals surface area contributed by atoms with Crippen molar-refractivity contribution in [1.29, 1.82) is 0 Å². The molecule has 1 unspecified atom stereocenters. The summed E-state index contributed by atoms with van der Waals surface area (Å²) in [6, 6.07) is 6.28. The van der Waals surface area contributed by atoms with Crippen molar-refractivity contribution in [2.75, 3.05) is 0 Å². The zero-order chi connectivity index (χ0) is 23.9. The van der Waals surface area contributed by atoms with Gasteiger partial charge in [0.2, 0.25) is 11.8 Å². The molecule has 2 N–H and O–H groups in total. The zero-order valence-electron chi connectivity index (χ0n) is 17.0. The minimum atomic E-state index is -4.12. The molecule has 1 atom stereocenters. The van der Waals surface area contributed by atoms with E-state index in [0.717, 1.165) is 12.1 Å². The number of hydrogen-bond donors (Lipinski definition) is 2. The van der Waals surface area contributed by atoms with Gasteiger partial charge in [0, 0.05) is 30.1 Å². The third-order valence-corrected chi connectivity index (χ3v) is 5.83. The van der Waals surface area contributed by atoms with Crippen LogP contribution < -0.4 is 10.6 Å². The summed E-state index contributed by atoms with van der Waals surface area (Å²) >= 11 is 5.57. The molecule has 4 amide bonds. The SMILES string of the molecule is O=C1CCC(N2Cc3cc(CNC(=O)C(F)(F)c4ccc(Cl)cc4F)ccc3C2=O)C(=O)N1. The van der Waals surface area contributed by atoms with Gasteiger partial charge in [0.05, 0.1) is 5.56 Å². The van der Waals surface area contributed by atoms with Gasteiger partial charge in [-0.1, -0.05) is 23.7 Å². The number of amides is 4. The molecule has 0 radical (unpaired) electrons. The van der Waals surface area contributed by atoms with Crippen molar-refractivity contribution in [3.8, 4) is 0 Å². The van der Waals surface area contributed by atoms with Crippen LogP contribution in [0.1, 0.15) is 39.9 Å². The first-order chi connectivity index (χ1) is 15.6. The number of nitrogens with one attached hydrogen (secondary N) is 2. The number of piperidine rings is 1. The number of benzene rings is 2. The van der Waals surface area contributed by atoms with Crippen molar-refractivity contribution < 1.29 is 32.3 Å². The van der Waals surface area contributed by atoms with E-state index >= 15 is 0 Å². The molecule has 2 aliphatic heterocycles. The molecule has 2 aromatic carbocycles. The molecule has 0 aromatic heterocycles. The number of halogens is 4. The molecule has 2 aliphatic rings. The average Bonchev–Trinajstić information content (AvgIpc) is 3.07. The third kappa shape index (κ3) is 4.30. The Bertz CT molecular complexity index is 1190. The van der Waals surface area contributed by atoms with E-state index in [4.69, 9.17) is 11.6 Å². The molecule has 0 bridgehead atoms. The minimum Gasteiger partial charge on any atom is -0.346 e. The van der Waals surface area contributed by atoms with Crippen molar-refractivity contribution in [3.05, 3.63) is 69.5 Å². The molecular formula is C22H17ClF3N3O4. The highest BCUT2D eigenvalue weighted by Gasteiger charge is 2.43. The predicted octanol–water partition coefficient (Wildman–Crippen LogP) is 2.65. The lowest BCUT2D eigenvalue weighted by Gasteiger charge is -2.29.